The number of carbonyl (C=O) groups is 1. The summed E-state index contributed by atoms with van der Waals surface area (Å²) in [6.45, 7) is 5.80. The highest BCUT2D eigenvalue weighted by atomic mass is 16.5. The molecule has 0 aliphatic heterocycles. The number of anilines is 1. The van der Waals surface area contributed by atoms with Gasteiger partial charge in [-0.25, -0.2) is 4.79 Å². The fourth-order valence-corrected chi connectivity index (χ4v) is 3.84. The van der Waals surface area contributed by atoms with E-state index in [1.807, 2.05) is 56.3 Å². The fraction of sp³-hybridized carbons (Fsp3) is 0.200. The van der Waals surface area contributed by atoms with Gasteiger partial charge in [0.1, 0.15) is 35.6 Å². The van der Waals surface area contributed by atoms with Gasteiger partial charge in [-0.1, -0.05) is 32.0 Å². The lowest BCUT2D eigenvalue weighted by molar-refractivity contribution is 0.0601. The van der Waals surface area contributed by atoms with Gasteiger partial charge in [0.05, 0.1) is 12.7 Å². The molecule has 0 aromatic carbocycles. The summed E-state index contributed by atoms with van der Waals surface area (Å²) in [5.74, 6) is -0.469. The Labute approximate surface area is 185 Å². The Morgan fingerprint density at radius 3 is 2.38 bits per heavy atom. The third-order valence-corrected chi connectivity index (χ3v) is 5.42. The van der Waals surface area contributed by atoms with Crippen molar-refractivity contribution in [1.82, 2.24) is 0 Å². The molecule has 1 heterocycles. The van der Waals surface area contributed by atoms with Gasteiger partial charge in [0.25, 0.3) is 0 Å². The van der Waals surface area contributed by atoms with Crippen LogP contribution in [0.2, 0.25) is 0 Å². The number of hydrogen-bond acceptors (Lipinski definition) is 7. The molecule has 0 bridgehead atoms. The van der Waals surface area contributed by atoms with Crippen molar-refractivity contribution in [2.45, 2.75) is 26.7 Å². The SMILES string of the molecule is COC(=O)c1c2cc(C(C)C)cccc-2c(C(=C(C#N)C#N)c2coc(N)c2C#N)c1C. The molecule has 0 unspecified atom stereocenters. The number of carbonyl (C=O) groups excluding carboxylic acids is 1. The predicted molar refractivity (Wildman–Crippen MR) is 118 cm³/mol. The molecule has 3 rings (SSSR count). The van der Waals surface area contributed by atoms with E-state index < -0.39 is 5.97 Å². The Hall–Kier alpha value is -4.54. The van der Waals surface area contributed by atoms with Crippen LogP contribution in [0, 0.1) is 40.9 Å². The second-order valence-corrected chi connectivity index (χ2v) is 7.49. The second-order valence-electron chi connectivity index (χ2n) is 7.49. The average Bonchev–Trinajstić information content (AvgIpc) is 3.17. The number of allylic oxidation sites excluding steroid dienone is 1. The largest absolute Gasteiger partial charge is 0.465 e. The summed E-state index contributed by atoms with van der Waals surface area (Å²) >= 11 is 0. The molecule has 2 aliphatic carbocycles. The fourth-order valence-electron chi connectivity index (χ4n) is 3.84. The Bertz CT molecular complexity index is 1340. The van der Waals surface area contributed by atoms with E-state index in [4.69, 9.17) is 14.9 Å². The van der Waals surface area contributed by atoms with E-state index in [2.05, 4.69) is 0 Å². The number of nitriles is 3. The minimum absolute atomic E-state index is 0.0135. The summed E-state index contributed by atoms with van der Waals surface area (Å²) in [5.41, 5.74) is 9.56. The summed E-state index contributed by atoms with van der Waals surface area (Å²) in [6.07, 6.45) is 1.25. The molecule has 0 saturated carbocycles. The van der Waals surface area contributed by atoms with Gasteiger partial charge in [0.2, 0.25) is 5.88 Å². The highest BCUT2D eigenvalue weighted by Crippen LogP contribution is 2.45. The zero-order valence-electron chi connectivity index (χ0n) is 18.1. The van der Waals surface area contributed by atoms with Gasteiger partial charge in [0, 0.05) is 11.1 Å². The Kier molecular flexibility index (Phi) is 6.01. The van der Waals surface area contributed by atoms with Gasteiger partial charge in [-0.2, -0.15) is 15.8 Å². The summed E-state index contributed by atoms with van der Waals surface area (Å²) in [5, 5.41) is 29.0. The Balaban J connectivity index is 2.55. The molecular formula is C25H20N4O3. The van der Waals surface area contributed by atoms with Gasteiger partial charge in [-0.05, 0) is 46.7 Å². The highest BCUT2D eigenvalue weighted by molar-refractivity contribution is 6.08. The minimum Gasteiger partial charge on any atom is -0.465 e. The van der Waals surface area contributed by atoms with Gasteiger partial charge in [0.15, 0.2) is 0 Å². The lowest BCUT2D eigenvalue weighted by atomic mass is 9.90. The van der Waals surface area contributed by atoms with Crippen molar-refractivity contribution in [3.05, 3.63) is 69.5 Å². The van der Waals surface area contributed by atoms with Crippen molar-refractivity contribution in [2.75, 3.05) is 12.8 Å². The normalized spacial score (nSPS) is 10.3. The van der Waals surface area contributed by atoms with E-state index in [0.717, 1.165) is 5.56 Å². The summed E-state index contributed by atoms with van der Waals surface area (Å²) in [7, 11) is 1.30. The van der Waals surface area contributed by atoms with Crippen molar-refractivity contribution in [1.29, 1.82) is 15.8 Å². The third kappa shape index (κ3) is 3.45. The molecular weight excluding hydrogens is 404 g/mol. The van der Waals surface area contributed by atoms with E-state index in [1.165, 1.54) is 13.4 Å². The van der Waals surface area contributed by atoms with Crippen LogP contribution in [-0.4, -0.2) is 13.1 Å². The molecule has 0 radical (unpaired) electrons. The van der Waals surface area contributed by atoms with Crippen LogP contribution in [0.1, 0.15) is 57.9 Å². The third-order valence-electron chi connectivity index (χ3n) is 5.42. The molecule has 1 aromatic heterocycles. The van der Waals surface area contributed by atoms with Crippen LogP contribution in [0.25, 0.3) is 16.7 Å². The number of nitrogens with zero attached hydrogens (tertiary/aromatic N) is 3. The molecule has 7 heteroatoms. The lowest BCUT2D eigenvalue weighted by Crippen LogP contribution is -2.03. The van der Waals surface area contributed by atoms with Crippen LogP contribution in [0.3, 0.4) is 0 Å². The second kappa shape index (κ2) is 8.68. The number of rotatable bonds is 4. The molecule has 0 atom stereocenters. The van der Waals surface area contributed by atoms with Crippen LogP contribution in [0.5, 0.6) is 0 Å². The number of nitrogen functional groups attached to an aromatic ring is 1. The number of esters is 1. The molecule has 32 heavy (non-hydrogen) atoms. The maximum Gasteiger partial charge on any atom is 0.338 e. The molecule has 0 saturated heterocycles. The van der Waals surface area contributed by atoms with Gasteiger partial charge < -0.3 is 14.9 Å². The van der Waals surface area contributed by atoms with Gasteiger partial charge in [-0.15, -0.1) is 0 Å². The monoisotopic (exact) mass is 424 g/mol. The quantitative estimate of drug-likeness (QED) is 0.464. The Morgan fingerprint density at radius 2 is 1.81 bits per heavy atom. The van der Waals surface area contributed by atoms with Crippen molar-refractivity contribution < 1.29 is 13.9 Å². The number of hydrogen-bond donors (Lipinski definition) is 1. The number of methoxy groups -OCH3 is 1. The van der Waals surface area contributed by atoms with Crippen molar-refractivity contribution in [2.24, 2.45) is 0 Å². The predicted octanol–water partition coefficient (Wildman–Crippen LogP) is 4.91. The average molecular weight is 424 g/mol. The van der Waals surface area contributed by atoms with Crippen molar-refractivity contribution >= 4 is 17.4 Å². The summed E-state index contributed by atoms with van der Waals surface area (Å²) in [6, 6.07) is 13.3. The first-order valence-corrected chi connectivity index (χ1v) is 9.77. The van der Waals surface area contributed by atoms with Gasteiger partial charge in [-0.3, -0.25) is 0 Å². The van der Waals surface area contributed by atoms with Crippen LogP contribution in [-0.2, 0) is 4.74 Å². The summed E-state index contributed by atoms with van der Waals surface area (Å²) in [4.78, 5) is 12.8. The summed E-state index contributed by atoms with van der Waals surface area (Å²) < 4.78 is 10.3. The smallest absolute Gasteiger partial charge is 0.338 e. The standard InChI is InChI=1S/C25H20N4O3/c1-13(2)15-6-5-7-17-18(8-15)22(25(30)31-4)14(3)21(17)23(16(9-26)10-27)20-12-32-24(29)19(20)11-28/h5-8,12-13H,29H2,1-4H3. The number of furan rings is 1. The highest BCUT2D eigenvalue weighted by Gasteiger charge is 2.31. The van der Waals surface area contributed by atoms with Crippen molar-refractivity contribution in [3.63, 3.8) is 0 Å². The molecule has 158 valence electrons. The molecule has 0 fully saturated rings. The van der Waals surface area contributed by atoms with E-state index >= 15 is 0 Å². The maximum atomic E-state index is 12.8. The van der Waals surface area contributed by atoms with Gasteiger partial charge >= 0.3 is 5.97 Å². The topological polar surface area (TPSA) is 137 Å². The maximum absolute atomic E-state index is 12.8. The molecule has 0 spiro atoms. The Morgan fingerprint density at radius 1 is 1.12 bits per heavy atom. The van der Waals surface area contributed by atoms with Crippen LogP contribution in [0.15, 0.2) is 40.5 Å². The molecule has 0 amide bonds. The van der Waals surface area contributed by atoms with E-state index in [9.17, 15) is 20.6 Å². The first kappa shape index (κ1) is 22.2. The van der Waals surface area contributed by atoms with Crippen LogP contribution >= 0.6 is 0 Å². The van der Waals surface area contributed by atoms with Crippen LogP contribution in [0.4, 0.5) is 5.88 Å². The number of nitrogens with two attached hydrogens (primary N) is 1. The van der Waals surface area contributed by atoms with E-state index in [1.54, 1.807) is 6.92 Å². The first-order valence-electron chi connectivity index (χ1n) is 9.77. The molecule has 1 aromatic rings. The molecule has 2 aliphatic rings. The van der Waals surface area contributed by atoms with Crippen LogP contribution < -0.4 is 5.73 Å². The lowest BCUT2D eigenvalue weighted by Gasteiger charge is -2.09. The zero-order valence-corrected chi connectivity index (χ0v) is 18.1. The number of ether oxygens (including phenoxy) is 1. The molecule has 2 N–H and O–H groups in total. The number of fused-ring (bicyclic) bond motifs is 1. The minimum atomic E-state index is -0.540. The van der Waals surface area contributed by atoms with Crippen molar-refractivity contribution in [3.8, 4) is 29.3 Å². The van der Waals surface area contributed by atoms with E-state index in [0.29, 0.717) is 27.8 Å². The first-order chi connectivity index (χ1) is 15.3. The van der Waals surface area contributed by atoms with E-state index in [-0.39, 0.29) is 34.1 Å². The zero-order chi connectivity index (χ0) is 23.6. The molecule has 7 nitrogen and oxygen atoms in total.